The van der Waals surface area contributed by atoms with Crippen molar-refractivity contribution < 1.29 is 27.5 Å². The zero-order chi connectivity index (χ0) is 16.4. The first-order chi connectivity index (χ1) is 10.9. The van der Waals surface area contributed by atoms with Crippen LogP contribution in [-0.2, 0) is 0 Å². The Morgan fingerprint density at radius 2 is 1.52 bits per heavy atom. The van der Waals surface area contributed by atoms with Crippen LogP contribution in [0.3, 0.4) is 0 Å². The molecule has 23 heavy (non-hydrogen) atoms. The molecule has 0 aliphatic rings. The van der Waals surface area contributed by atoms with E-state index in [1.54, 1.807) is 18.2 Å². The smallest absolute Gasteiger partial charge is 0.508 e. The summed E-state index contributed by atoms with van der Waals surface area (Å²) in [6.07, 6.45) is -4.72. The van der Waals surface area contributed by atoms with Gasteiger partial charge in [-0.15, -0.1) is 13.2 Å². The summed E-state index contributed by atoms with van der Waals surface area (Å²) in [6.45, 7) is 0. The standard InChI is InChI=1S/C16H10F3NO3/c17-16(18,19)22-13-7-3-11(4-8-13)15-9-14(20-23-15)10-1-5-12(21)6-2-10/h1-9,21H. The van der Waals surface area contributed by atoms with E-state index in [1.165, 1.54) is 36.4 Å². The van der Waals surface area contributed by atoms with Crippen molar-refractivity contribution in [1.29, 1.82) is 0 Å². The summed E-state index contributed by atoms with van der Waals surface area (Å²) in [5.41, 5.74) is 1.86. The van der Waals surface area contributed by atoms with Crippen LogP contribution in [0.15, 0.2) is 59.1 Å². The highest BCUT2D eigenvalue weighted by Crippen LogP contribution is 2.29. The molecule has 1 heterocycles. The highest BCUT2D eigenvalue weighted by atomic mass is 19.4. The predicted molar refractivity (Wildman–Crippen MR) is 75.7 cm³/mol. The average Bonchev–Trinajstić information content (AvgIpc) is 2.97. The molecule has 3 aromatic rings. The number of benzene rings is 2. The van der Waals surface area contributed by atoms with Gasteiger partial charge in [0.15, 0.2) is 5.76 Å². The highest BCUT2D eigenvalue weighted by Gasteiger charge is 2.31. The Hall–Kier alpha value is -2.96. The second-order valence-electron chi connectivity index (χ2n) is 4.70. The Kier molecular flexibility index (Phi) is 3.69. The minimum absolute atomic E-state index is 0.137. The number of nitrogens with zero attached hydrogens (tertiary/aromatic N) is 1. The zero-order valence-electron chi connectivity index (χ0n) is 11.5. The molecule has 1 N–H and O–H groups in total. The van der Waals surface area contributed by atoms with E-state index in [0.29, 0.717) is 17.0 Å². The number of hydrogen-bond donors (Lipinski definition) is 1. The lowest BCUT2D eigenvalue weighted by molar-refractivity contribution is -0.274. The maximum Gasteiger partial charge on any atom is 0.573 e. The number of phenolic OH excluding ortho intramolecular Hbond substituents is 1. The molecule has 0 aliphatic heterocycles. The molecule has 7 heteroatoms. The average molecular weight is 321 g/mol. The molecule has 118 valence electrons. The fourth-order valence-electron chi connectivity index (χ4n) is 2.00. The molecule has 0 fully saturated rings. The van der Waals surface area contributed by atoms with Gasteiger partial charge in [-0.05, 0) is 48.5 Å². The van der Waals surface area contributed by atoms with Crippen molar-refractivity contribution in [2.24, 2.45) is 0 Å². The molecule has 2 aromatic carbocycles. The summed E-state index contributed by atoms with van der Waals surface area (Å²) >= 11 is 0. The Morgan fingerprint density at radius 3 is 2.13 bits per heavy atom. The van der Waals surface area contributed by atoms with Crippen LogP contribution in [0.4, 0.5) is 13.2 Å². The van der Waals surface area contributed by atoms with Crippen molar-refractivity contribution >= 4 is 0 Å². The Labute approximate surface area is 128 Å². The van der Waals surface area contributed by atoms with Crippen molar-refractivity contribution in [3.8, 4) is 34.1 Å². The van der Waals surface area contributed by atoms with Crippen LogP contribution in [0.2, 0.25) is 0 Å². The largest absolute Gasteiger partial charge is 0.573 e. The third-order valence-corrected chi connectivity index (χ3v) is 3.05. The second kappa shape index (κ2) is 5.68. The number of alkyl halides is 3. The van der Waals surface area contributed by atoms with Crippen LogP contribution in [0.1, 0.15) is 0 Å². The van der Waals surface area contributed by atoms with E-state index < -0.39 is 6.36 Å². The van der Waals surface area contributed by atoms with Gasteiger partial charge in [-0.2, -0.15) is 0 Å². The van der Waals surface area contributed by atoms with E-state index >= 15 is 0 Å². The normalized spacial score (nSPS) is 11.4. The van der Waals surface area contributed by atoms with Gasteiger partial charge in [-0.1, -0.05) is 5.16 Å². The summed E-state index contributed by atoms with van der Waals surface area (Å²) in [4.78, 5) is 0. The maximum atomic E-state index is 12.1. The van der Waals surface area contributed by atoms with E-state index in [-0.39, 0.29) is 11.5 Å². The molecule has 0 amide bonds. The SMILES string of the molecule is Oc1ccc(-c2cc(-c3ccc(OC(F)(F)F)cc3)on2)cc1. The summed E-state index contributed by atoms with van der Waals surface area (Å²) in [7, 11) is 0. The van der Waals surface area contributed by atoms with E-state index in [1.807, 2.05) is 0 Å². The molecule has 0 aliphatic carbocycles. The van der Waals surface area contributed by atoms with E-state index in [4.69, 9.17) is 4.52 Å². The van der Waals surface area contributed by atoms with Gasteiger partial charge < -0.3 is 14.4 Å². The fraction of sp³-hybridized carbons (Fsp3) is 0.0625. The van der Waals surface area contributed by atoms with Crippen molar-refractivity contribution in [2.75, 3.05) is 0 Å². The molecule has 0 bridgehead atoms. The van der Waals surface area contributed by atoms with Crippen molar-refractivity contribution in [3.63, 3.8) is 0 Å². The number of aromatic hydroxyl groups is 1. The van der Waals surface area contributed by atoms with Crippen LogP contribution in [-0.4, -0.2) is 16.6 Å². The first-order valence-corrected chi connectivity index (χ1v) is 6.53. The summed E-state index contributed by atoms with van der Waals surface area (Å²) in [5, 5.41) is 13.2. The van der Waals surface area contributed by atoms with Gasteiger partial charge in [-0.25, -0.2) is 0 Å². The van der Waals surface area contributed by atoms with Crippen LogP contribution in [0.25, 0.3) is 22.6 Å². The lowest BCUT2D eigenvalue weighted by atomic mass is 10.1. The van der Waals surface area contributed by atoms with Gasteiger partial charge in [0.05, 0.1) is 0 Å². The molecule has 4 nitrogen and oxygen atoms in total. The molecular weight excluding hydrogens is 311 g/mol. The quantitative estimate of drug-likeness (QED) is 0.765. The molecule has 3 rings (SSSR count). The van der Waals surface area contributed by atoms with Crippen molar-refractivity contribution in [1.82, 2.24) is 5.16 Å². The second-order valence-corrected chi connectivity index (χ2v) is 4.70. The maximum absolute atomic E-state index is 12.1. The van der Waals surface area contributed by atoms with Crippen molar-refractivity contribution in [3.05, 3.63) is 54.6 Å². The fourth-order valence-corrected chi connectivity index (χ4v) is 2.00. The number of rotatable bonds is 3. The van der Waals surface area contributed by atoms with Gasteiger partial charge in [0.1, 0.15) is 17.2 Å². The number of phenols is 1. The summed E-state index contributed by atoms with van der Waals surface area (Å²) in [6, 6.07) is 13.3. The van der Waals surface area contributed by atoms with Crippen LogP contribution < -0.4 is 4.74 Å². The van der Waals surface area contributed by atoms with Gasteiger partial charge >= 0.3 is 6.36 Å². The molecule has 0 spiro atoms. The molecule has 1 aromatic heterocycles. The van der Waals surface area contributed by atoms with Gasteiger partial charge in [0.25, 0.3) is 0 Å². The molecule has 0 atom stereocenters. The first-order valence-electron chi connectivity index (χ1n) is 6.53. The molecule has 0 radical (unpaired) electrons. The molecular formula is C16H10F3NO3. The summed E-state index contributed by atoms with van der Waals surface area (Å²) < 4.78 is 45.4. The van der Waals surface area contributed by atoms with E-state index in [9.17, 15) is 18.3 Å². The van der Waals surface area contributed by atoms with E-state index in [0.717, 1.165) is 5.56 Å². The topological polar surface area (TPSA) is 55.5 Å². The molecule has 0 unspecified atom stereocenters. The monoisotopic (exact) mass is 321 g/mol. The lowest BCUT2D eigenvalue weighted by Gasteiger charge is -2.08. The number of ether oxygens (including phenoxy) is 1. The van der Waals surface area contributed by atoms with Crippen molar-refractivity contribution in [2.45, 2.75) is 6.36 Å². The minimum atomic E-state index is -4.72. The first kappa shape index (κ1) is 15.0. The van der Waals surface area contributed by atoms with Crippen LogP contribution in [0, 0.1) is 0 Å². The van der Waals surface area contributed by atoms with E-state index in [2.05, 4.69) is 9.89 Å². The zero-order valence-corrected chi connectivity index (χ0v) is 11.5. The third kappa shape index (κ3) is 3.63. The summed E-state index contributed by atoms with van der Waals surface area (Å²) in [5.74, 6) is 0.240. The van der Waals surface area contributed by atoms with Gasteiger partial charge in [0, 0.05) is 17.2 Å². The Balaban J connectivity index is 1.81. The number of hydrogen-bond acceptors (Lipinski definition) is 4. The van der Waals surface area contributed by atoms with Crippen LogP contribution >= 0.6 is 0 Å². The van der Waals surface area contributed by atoms with Crippen LogP contribution in [0.5, 0.6) is 11.5 Å². The third-order valence-electron chi connectivity index (χ3n) is 3.05. The Bertz CT molecular complexity index is 793. The number of aromatic nitrogens is 1. The van der Waals surface area contributed by atoms with Gasteiger partial charge in [0.2, 0.25) is 0 Å². The Morgan fingerprint density at radius 1 is 0.913 bits per heavy atom. The van der Waals surface area contributed by atoms with Gasteiger partial charge in [-0.3, -0.25) is 0 Å². The molecule has 0 saturated heterocycles. The highest BCUT2D eigenvalue weighted by molar-refractivity contribution is 5.67. The predicted octanol–water partition coefficient (Wildman–Crippen LogP) is 4.61. The number of halogens is 3. The molecule has 0 saturated carbocycles. The minimum Gasteiger partial charge on any atom is -0.508 e. The lowest BCUT2D eigenvalue weighted by Crippen LogP contribution is -2.16.